The van der Waals surface area contributed by atoms with Crippen LogP contribution in [0.2, 0.25) is 0 Å². The molecule has 18 heavy (non-hydrogen) atoms. The Morgan fingerprint density at radius 3 is 3.11 bits per heavy atom. The van der Waals surface area contributed by atoms with Gasteiger partial charge in [0.2, 0.25) is 6.79 Å². The molecule has 1 aliphatic rings. The number of aromatic nitrogens is 3. The van der Waals surface area contributed by atoms with Crippen molar-refractivity contribution in [3.63, 3.8) is 0 Å². The number of nitrogens with zero attached hydrogens (tertiary/aromatic N) is 3. The van der Waals surface area contributed by atoms with Crippen LogP contribution in [0.1, 0.15) is 6.42 Å². The molecule has 0 aliphatic carbocycles. The van der Waals surface area contributed by atoms with Gasteiger partial charge in [0.1, 0.15) is 18.4 Å². The van der Waals surface area contributed by atoms with Crippen molar-refractivity contribution in [2.24, 2.45) is 0 Å². The van der Waals surface area contributed by atoms with Crippen LogP contribution in [0.5, 0.6) is 17.2 Å². The van der Waals surface area contributed by atoms with Gasteiger partial charge in [-0.1, -0.05) is 0 Å². The topological polar surface area (TPSA) is 58.4 Å². The van der Waals surface area contributed by atoms with Gasteiger partial charge in [0.25, 0.3) is 0 Å². The van der Waals surface area contributed by atoms with E-state index in [0.29, 0.717) is 6.61 Å². The summed E-state index contributed by atoms with van der Waals surface area (Å²) in [4.78, 5) is 3.88. The minimum Gasteiger partial charge on any atom is -0.493 e. The van der Waals surface area contributed by atoms with Gasteiger partial charge in [0.05, 0.1) is 6.61 Å². The lowest BCUT2D eigenvalue weighted by Crippen LogP contribution is -2.04. The summed E-state index contributed by atoms with van der Waals surface area (Å²) in [5.74, 6) is 2.30. The Kier molecular flexibility index (Phi) is 2.99. The van der Waals surface area contributed by atoms with Crippen molar-refractivity contribution < 1.29 is 14.2 Å². The van der Waals surface area contributed by atoms with Crippen molar-refractivity contribution in [2.45, 2.75) is 13.0 Å². The lowest BCUT2D eigenvalue weighted by atomic mass is 10.3. The van der Waals surface area contributed by atoms with Gasteiger partial charge in [0, 0.05) is 19.0 Å². The summed E-state index contributed by atoms with van der Waals surface area (Å²) in [5.41, 5.74) is 0. The minimum atomic E-state index is 0.283. The van der Waals surface area contributed by atoms with E-state index in [1.54, 1.807) is 11.0 Å². The van der Waals surface area contributed by atoms with Crippen LogP contribution in [0.15, 0.2) is 30.9 Å². The van der Waals surface area contributed by atoms with Gasteiger partial charge in [-0.25, -0.2) is 4.98 Å². The fraction of sp³-hybridized carbons (Fsp3) is 0.333. The number of hydrogen-bond donors (Lipinski definition) is 0. The normalized spacial score (nSPS) is 12.7. The third kappa shape index (κ3) is 2.37. The highest BCUT2D eigenvalue weighted by Crippen LogP contribution is 2.35. The van der Waals surface area contributed by atoms with Crippen molar-refractivity contribution in [3.8, 4) is 17.2 Å². The first-order valence-corrected chi connectivity index (χ1v) is 5.77. The molecule has 0 bridgehead atoms. The Hall–Kier alpha value is -2.24. The van der Waals surface area contributed by atoms with Gasteiger partial charge >= 0.3 is 0 Å². The summed E-state index contributed by atoms with van der Waals surface area (Å²) in [5, 5.41) is 4.02. The van der Waals surface area contributed by atoms with Crippen LogP contribution >= 0.6 is 0 Å². The van der Waals surface area contributed by atoms with E-state index in [2.05, 4.69) is 10.1 Å². The second-order valence-electron chi connectivity index (χ2n) is 3.88. The van der Waals surface area contributed by atoms with E-state index in [0.717, 1.165) is 30.2 Å². The van der Waals surface area contributed by atoms with E-state index in [1.807, 2.05) is 18.2 Å². The Balaban J connectivity index is 1.48. The maximum Gasteiger partial charge on any atom is 0.231 e. The zero-order valence-electron chi connectivity index (χ0n) is 9.78. The average molecular weight is 247 g/mol. The number of hydrogen-bond acceptors (Lipinski definition) is 5. The molecule has 0 fully saturated rings. The van der Waals surface area contributed by atoms with Gasteiger partial charge in [-0.15, -0.1) is 0 Å². The summed E-state index contributed by atoms with van der Waals surface area (Å²) >= 11 is 0. The van der Waals surface area contributed by atoms with E-state index in [1.165, 1.54) is 6.33 Å². The van der Waals surface area contributed by atoms with E-state index >= 15 is 0 Å². The van der Waals surface area contributed by atoms with Crippen LogP contribution in [-0.2, 0) is 6.54 Å². The summed E-state index contributed by atoms with van der Waals surface area (Å²) in [7, 11) is 0. The lowest BCUT2D eigenvalue weighted by Gasteiger charge is -2.06. The number of rotatable bonds is 5. The number of aryl methyl sites for hydroxylation is 1. The third-order valence-electron chi connectivity index (χ3n) is 2.61. The molecule has 94 valence electrons. The fourth-order valence-electron chi connectivity index (χ4n) is 1.73. The maximum atomic E-state index is 5.63. The Morgan fingerprint density at radius 1 is 1.28 bits per heavy atom. The minimum absolute atomic E-state index is 0.283. The van der Waals surface area contributed by atoms with Crippen LogP contribution in [0.25, 0.3) is 0 Å². The maximum absolute atomic E-state index is 5.63. The molecule has 0 N–H and O–H groups in total. The molecule has 6 heteroatoms. The standard InChI is InChI=1S/C12H13N3O3/c1(4-15-8-13-7-14-15)5-16-10-2-3-11-12(6-10)18-9-17-11/h2-3,6-8H,1,4-5,9H2. The van der Waals surface area contributed by atoms with Gasteiger partial charge in [0.15, 0.2) is 11.5 Å². The first-order valence-electron chi connectivity index (χ1n) is 5.77. The number of fused-ring (bicyclic) bond motifs is 1. The smallest absolute Gasteiger partial charge is 0.231 e. The molecule has 6 nitrogen and oxygen atoms in total. The Labute approximate surface area is 104 Å². The van der Waals surface area contributed by atoms with Crippen molar-refractivity contribution in [3.05, 3.63) is 30.9 Å². The van der Waals surface area contributed by atoms with Crippen molar-refractivity contribution in [2.75, 3.05) is 13.4 Å². The van der Waals surface area contributed by atoms with Gasteiger partial charge in [-0.05, 0) is 12.1 Å². The van der Waals surface area contributed by atoms with Crippen LogP contribution in [0, 0.1) is 0 Å². The summed E-state index contributed by atoms with van der Waals surface area (Å²) < 4.78 is 17.9. The Bertz CT molecular complexity index is 513. The molecular weight excluding hydrogens is 234 g/mol. The second kappa shape index (κ2) is 4.95. The molecule has 1 aromatic carbocycles. The molecule has 0 amide bonds. The molecule has 3 rings (SSSR count). The molecule has 0 spiro atoms. The van der Waals surface area contributed by atoms with Gasteiger partial charge in [-0.3, -0.25) is 4.68 Å². The van der Waals surface area contributed by atoms with Crippen molar-refractivity contribution in [1.82, 2.24) is 14.8 Å². The predicted molar refractivity (Wildman–Crippen MR) is 62.7 cm³/mol. The van der Waals surface area contributed by atoms with Gasteiger partial charge in [-0.2, -0.15) is 5.10 Å². The molecule has 0 radical (unpaired) electrons. The summed E-state index contributed by atoms with van der Waals surface area (Å²) in [6.45, 7) is 1.70. The first-order chi connectivity index (χ1) is 8.92. The highest BCUT2D eigenvalue weighted by molar-refractivity contribution is 5.46. The summed E-state index contributed by atoms with van der Waals surface area (Å²) in [6.07, 6.45) is 4.09. The molecule has 0 saturated carbocycles. The first kappa shape index (κ1) is 10.9. The highest BCUT2D eigenvalue weighted by atomic mass is 16.7. The third-order valence-corrected chi connectivity index (χ3v) is 2.61. The van der Waals surface area contributed by atoms with E-state index < -0.39 is 0 Å². The van der Waals surface area contributed by atoms with Crippen LogP contribution in [-0.4, -0.2) is 28.2 Å². The van der Waals surface area contributed by atoms with Crippen LogP contribution < -0.4 is 14.2 Å². The van der Waals surface area contributed by atoms with Crippen molar-refractivity contribution >= 4 is 0 Å². The second-order valence-corrected chi connectivity index (χ2v) is 3.88. The monoisotopic (exact) mass is 247 g/mol. The summed E-state index contributed by atoms with van der Waals surface area (Å²) in [6, 6.07) is 5.58. The lowest BCUT2D eigenvalue weighted by molar-refractivity contribution is 0.173. The van der Waals surface area contributed by atoms with E-state index in [4.69, 9.17) is 14.2 Å². The fourth-order valence-corrected chi connectivity index (χ4v) is 1.73. The molecule has 1 aromatic heterocycles. The number of ether oxygens (including phenoxy) is 3. The van der Waals surface area contributed by atoms with Crippen molar-refractivity contribution in [1.29, 1.82) is 0 Å². The molecule has 2 aromatic rings. The predicted octanol–water partition coefficient (Wildman–Crippen LogP) is 1.48. The van der Waals surface area contributed by atoms with Crippen LogP contribution in [0.3, 0.4) is 0 Å². The largest absolute Gasteiger partial charge is 0.493 e. The zero-order chi connectivity index (χ0) is 12.2. The molecule has 2 heterocycles. The number of benzene rings is 1. The molecule has 0 saturated heterocycles. The molecule has 0 unspecified atom stereocenters. The van der Waals surface area contributed by atoms with Gasteiger partial charge < -0.3 is 14.2 Å². The van der Waals surface area contributed by atoms with E-state index in [9.17, 15) is 0 Å². The average Bonchev–Trinajstić information content (AvgIpc) is 3.05. The molecular formula is C12H13N3O3. The quantitative estimate of drug-likeness (QED) is 0.749. The zero-order valence-corrected chi connectivity index (χ0v) is 9.78. The molecule has 1 aliphatic heterocycles. The van der Waals surface area contributed by atoms with Crippen LogP contribution in [0.4, 0.5) is 0 Å². The Morgan fingerprint density at radius 2 is 2.22 bits per heavy atom. The molecule has 0 atom stereocenters. The highest BCUT2D eigenvalue weighted by Gasteiger charge is 2.13. The van der Waals surface area contributed by atoms with E-state index in [-0.39, 0.29) is 6.79 Å². The SMILES string of the molecule is c1ncn(CCCOc2ccc3c(c2)OCO3)n1.